The highest BCUT2D eigenvalue weighted by Gasteiger charge is 2.09. The highest BCUT2D eigenvalue weighted by molar-refractivity contribution is 5.72. The summed E-state index contributed by atoms with van der Waals surface area (Å²) in [5, 5.41) is 4.58. The minimum Gasteiger partial charge on any atom is -0.484 e. The number of rotatable bonds is 4. The number of benzene rings is 2. The maximum Gasteiger partial charge on any atom is 0.233 e. The van der Waals surface area contributed by atoms with Gasteiger partial charge >= 0.3 is 0 Å². The maximum atomic E-state index is 5.79. The third-order valence-corrected chi connectivity index (χ3v) is 4.43. The van der Waals surface area contributed by atoms with E-state index in [4.69, 9.17) is 9.15 Å². The Morgan fingerprint density at radius 3 is 2.44 bits per heavy atom. The second-order valence-electron chi connectivity index (χ2n) is 6.07. The Morgan fingerprint density at radius 2 is 1.76 bits per heavy atom. The normalized spacial score (nSPS) is 11.2. The zero-order valence-electron chi connectivity index (χ0n) is 14.5. The van der Waals surface area contributed by atoms with Gasteiger partial charge in [-0.1, -0.05) is 12.1 Å². The van der Waals surface area contributed by atoms with Crippen molar-refractivity contribution in [2.45, 2.75) is 27.4 Å². The molecule has 0 fully saturated rings. The topological polar surface area (TPSA) is 53.1 Å². The molecule has 4 rings (SSSR count). The van der Waals surface area contributed by atoms with Crippen molar-refractivity contribution in [3.8, 4) is 11.4 Å². The zero-order chi connectivity index (χ0) is 17.4. The van der Waals surface area contributed by atoms with E-state index in [1.807, 2.05) is 60.1 Å². The molecule has 0 aliphatic carbocycles. The van der Waals surface area contributed by atoms with Gasteiger partial charge in [-0.3, -0.25) is 0 Å². The van der Waals surface area contributed by atoms with Crippen LogP contribution in [0, 0.1) is 20.8 Å². The molecule has 0 aliphatic rings. The van der Waals surface area contributed by atoms with E-state index in [2.05, 4.69) is 23.9 Å². The van der Waals surface area contributed by atoms with Gasteiger partial charge in [0.15, 0.2) is 12.2 Å². The van der Waals surface area contributed by atoms with Crippen molar-refractivity contribution in [1.29, 1.82) is 0 Å². The van der Waals surface area contributed by atoms with Gasteiger partial charge in [-0.05, 0) is 62.7 Å². The molecule has 2 heterocycles. The van der Waals surface area contributed by atoms with Crippen molar-refractivity contribution in [3.63, 3.8) is 0 Å². The average molecular weight is 333 g/mol. The minimum atomic E-state index is 0.299. The first-order valence-electron chi connectivity index (χ1n) is 8.22. The molecule has 0 saturated heterocycles. The maximum absolute atomic E-state index is 5.79. The largest absolute Gasteiger partial charge is 0.484 e. The summed E-state index contributed by atoms with van der Waals surface area (Å²) >= 11 is 0. The van der Waals surface area contributed by atoms with E-state index in [0.29, 0.717) is 12.5 Å². The number of nitrogens with zero attached hydrogens (tertiary/aromatic N) is 3. The number of fused-ring (bicyclic) bond motifs is 1. The van der Waals surface area contributed by atoms with Crippen LogP contribution in [0.25, 0.3) is 16.8 Å². The molecular weight excluding hydrogens is 314 g/mol. The summed E-state index contributed by atoms with van der Waals surface area (Å²) in [4.78, 5) is 4.41. The van der Waals surface area contributed by atoms with E-state index in [1.54, 1.807) is 0 Å². The molecule has 0 atom stereocenters. The van der Waals surface area contributed by atoms with Crippen LogP contribution in [0.4, 0.5) is 0 Å². The molecule has 2 aromatic heterocycles. The molecule has 2 aromatic carbocycles. The standard InChI is InChI=1S/C20H19N3O2/c1-13-14(2)22-23(15(13)3)16-8-10-17(11-9-16)24-12-20-21-18-6-4-5-7-19(18)25-20/h4-11H,12H2,1-3H3. The lowest BCUT2D eigenvalue weighted by molar-refractivity contribution is 0.267. The van der Waals surface area contributed by atoms with Gasteiger partial charge in [-0.15, -0.1) is 0 Å². The lowest BCUT2D eigenvalue weighted by Crippen LogP contribution is -2.00. The summed E-state index contributed by atoms with van der Waals surface area (Å²) < 4.78 is 13.4. The quantitative estimate of drug-likeness (QED) is 0.551. The van der Waals surface area contributed by atoms with Gasteiger partial charge < -0.3 is 9.15 Å². The molecule has 0 unspecified atom stereocenters. The smallest absolute Gasteiger partial charge is 0.233 e. The van der Waals surface area contributed by atoms with Crippen molar-refractivity contribution in [1.82, 2.24) is 14.8 Å². The van der Waals surface area contributed by atoms with Gasteiger partial charge in [0, 0.05) is 5.69 Å². The Labute approximate surface area is 145 Å². The summed E-state index contributed by atoms with van der Waals surface area (Å²) in [5.41, 5.74) is 6.05. The average Bonchev–Trinajstić information content (AvgIpc) is 3.16. The van der Waals surface area contributed by atoms with Gasteiger partial charge in [-0.2, -0.15) is 5.10 Å². The fourth-order valence-electron chi connectivity index (χ4n) is 2.78. The van der Waals surface area contributed by atoms with Gasteiger partial charge in [-0.25, -0.2) is 9.67 Å². The van der Waals surface area contributed by atoms with Crippen LogP contribution in [0.5, 0.6) is 5.75 Å². The van der Waals surface area contributed by atoms with Crippen molar-refractivity contribution in [2.24, 2.45) is 0 Å². The Morgan fingerprint density at radius 1 is 1.00 bits per heavy atom. The van der Waals surface area contributed by atoms with Crippen LogP contribution in [0.3, 0.4) is 0 Å². The first kappa shape index (κ1) is 15.4. The van der Waals surface area contributed by atoms with Crippen LogP contribution < -0.4 is 4.74 Å². The molecule has 0 aliphatic heterocycles. The van der Waals surface area contributed by atoms with Crippen LogP contribution >= 0.6 is 0 Å². The molecule has 25 heavy (non-hydrogen) atoms. The molecule has 5 heteroatoms. The van der Waals surface area contributed by atoms with Crippen LogP contribution in [0.2, 0.25) is 0 Å². The Kier molecular flexibility index (Phi) is 3.76. The number of aromatic nitrogens is 3. The van der Waals surface area contributed by atoms with E-state index in [9.17, 15) is 0 Å². The molecular formula is C20H19N3O2. The van der Waals surface area contributed by atoms with Crippen molar-refractivity contribution in [2.75, 3.05) is 0 Å². The molecule has 0 spiro atoms. The fourth-order valence-corrected chi connectivity index (χ4v) is 2.78. The van der Waals surface area contributed by atoms with Gasteiger partial charge in [0.25, 0.3) is 0 Å². The molecule has 0 bridgehead atoms. The molecule has 4 aromatic rings. The Bertz CT molecular complexity index is 996. The third kappa shape index (κ3) is 2.89. The number of para-hydroxylation sites is 2. The first-order valence-corrected chi connectivity index (χ1v) is 8.22. The molecule has 0 N–H and O–H groups in total. The van der Waals surface area contributed by atoms with Crippen LogP contribution in [-0.4, -0.2) is 14.8 Å². The highest BCUT2D eigenvalue weighted by Crippen LogP contribution is 2.21. The molecule has 0 amide bonds. The molecule has 0 radical (unpaired) electrons. The van der Waals surface area contributed by atoms with E-state index < -0.39 is 0 Å². The van der Waals surface area contributed by atoms with E-state index in [-0.39, 0.29) is 0 Å². The van der Waals surface area contributed by atoms with E-state index in [1.165, 1.54) is 5.56 Å². The van der Waals surface area contributed by atoms with E-state index >= 15 is 0 Å². The number of hydrogen-bond acceptors (Lipinski definition) is 4. The van der Waals surface area contributed by atoms with E-state index in [0.717, 1.165) is 33.9 Å². The SMILES string of the molecule is Cc1nn(-c2ccc(OCc3nc4ccccc4o3)cc2)c(C)c1C. The molecule has 5 nitrogen and oxygen atoms in total. The summed E-state index contributed by atoms with van der Waals surface area (Å²) in [6.45, 7) is 6.49. The van der Waals surface area contributed by atoms with Crippen molar-refractivity contribution >= 4 is 11.1 Å². The molecule has 126 valence electrons. The lowest BCUT2D eigenvalue weighted by atomic mass is 10.2. The summed E-state index contributed by atoms with van der Waals surface area (Å²) in [5.74, 6) is 1.34. The Hall–Kier alpha value is -3.08. The monoisotopic (exact) mass is 333 g/mol. The number of hydrogen-bond donors (Lipinski definition) is 0. The van der Waals surface area contributed by atoms with Crippen LogP contribution in [-0.2, 0) is 6.61 Å². The fraction of sp³-hybridized carbons (Fsp3) is 0.200. The van der Waals surface area contributed by atoms with Crippen LogP contribution in [0.1, 0.15) is 22.8 Å². The van der Waals surface area contributed by atoms with Gasteiger partial charge in [0.1, 0.15) is 11.3 Å². The second kappa shape index (κ2) is 6.09. The predicted octanol–water partition coefficient (Wildman–Crippen LogP) is 4.52. The Balaban J connectivity index is 1.49. The van der Waals surface area contributed by atoms with Gasteiger partial charge in [0.05, 0.1) is 11.4 Å². The predicted molar refractivity (Wildman–Crippen MR) is 96.1 cm³/mol. The second-order valence-corrected chi connectivity index (χ2v) is 6.07. The first-order chi connectivity index (χ1) is 12.1. The highest BCUT2D eigenvalue weighted by atomic mass is 16.5. The number of aryl methyl sites for hydroxylation is 1. The number of ether oxygens (including phenoxy) is 1. The van der Waals surface area contributed by atoms with Crippen molar-refractivity contribution < 1.29 is 9.15 Å². The minimum absolute atomic E-state index is 0.299. The third-order valence-electron chi connectivity index (χ3n) is 4.43. The van der Waals surface area contributed by atoms with Crippen LogP contribution in [0.15, 0.2) is 52.9 Å². The summed E-state index contributed by atoms with van der Waals surface area (Å²) in [6, 6.07) is 15.6. The lowest BCUT2D eigenvalue weighted by Gasteiger charge is -2.07. The van der Waals surface area contributed by atoms with Crippen molar-refractivity contribution in [3.05, 3.63) is 71.4 Å². The summed E-state index contributed by atoms with van der Waals surface area (Å²) in [7, 11) is 0. The zero-order valence-corrected chi connectivity index (χ0v) is 14.5. The summed E-state index contributed by atoms with van der Waals surface area (Å²) in [6.07, 6.45) is 0. The number of oxazole rings is 1. The molecule has 0 saturated carbocycles. The van der Waals surface area contributed by atoms with Gasteiger partial charge in [0.2, 0.25) is 5.89 Å².